The van der Waals surface area contributed by atoms with Crippen LogP contribution in [0.3, 0.4) is 0 Å². The zero-order valence-corrected chi connectivity index (χ0v) is 31.5. The second-order valence-corrected chi connectivity index (χ2v) is 13.2. The van der Waals surface area contributed by atoms with E-state index < -0.39 is 6.10 Å². The average molecular weight is 675 g/mol. The summed E-state index contributed by atoms with van der Waals surface area (Å²) >= 11 is 0. The third kappa shape index (κ3) is 35.0. The first-order valence-corrected chi connectivity index (χ1v) is 20.0. The zero-order valence-electron chi connectivity index (χ0n) is 31.5. The van der Waals surface area contributed by atoms with E-state index in [2.05, 4.69) is 57.2 Å². The molecule has 0 aromatic heterocycles. The molecule has 0 heterocycles. The van der Waals surface area contributed by atoms with E-state index in [-0.39, 0.29) is 31.1 Å². The number of esters is 3. The van der Waals surface area contributed by atoms with Crippen LogP contribution in [-0.4, -0.2) is 37.2 Å². The van der Waals surface area contributed by atoms with Crippen molar-refractivity contribution in [3.8, 4) is 0 Å². The van der Waals surface area contributed by atoms with E-state index in [1.54, 1.807) is 0 Å². The highest BCUT2D eigenvalue weighted by molar-refractivity contribution is 5.71. The maximum atomic E-state index is 12.6. The van der Waals surface area contributed by atoms with E-state index in [4.69, 9.17) is 14.2 Å². The Bertz CT molecular complexity index is 784. The van der Waals surface area contributed by atoms with E-state index in [9.17, 15) is 14.4 Å². The third-order valence-corrected chi connectivity index (χ3v) is 8.28. The highest BCUT2D eigenvalue weighted by atomic mass is 16.6. The molecule has 0 N–H and O–H groups in total. The molecule has 48 heavy (non-hydrogen) atoms. The van der Waals surface area contributed by atoms with Gasteiger partial charge in [-0.1, -0.05) is 134 Å². The van der Waals surface area contributed by atoms with Gasteiger partial charge in [-0.3, -0.25) is 14.4 Å². The first-order chi connectivity index (χ1) is 23.5. The normalized spacial score (nSPS) is 12.3. The summed E-state index contributed by atoms with van der Waals surface area (Å²) in [4.78, 5) is 37.4. The molecule has 0 aliphatic heterocycles. The molecule has 6 heteroatoms. The van der Waals surface area contributed by atoms with Crippen LogP contribution >= 0.6 is 0 Å². The zero-order chi connectivity index (χ0) is 35.2. The van der Waals surface area contributed by atoms with Crippen molar-refractivity contribution in [1.29, 1.82) is 0 Å². The molecule has 6 nitrogen and oxygen atoms in total. The number of carbonyl (C=O) groups excluding carboxylic acids is 3. The van der Waals surface area contributed by atoms with Crippen LogP contribution < -0.4 is 0 Å². The van der Waals surface area contributed by atoms with Crippen molar-refractivity contribution < 1.29 is 28.6 Å². The molecule has 0 saturated heterocycles. The summed E-state index contributed by atoms with van der Waals surface area (Å²) in [7, 11) is 0. The smallest absolute Gasteiger partial charge is 0.306 e. The summed E-state index contributed by atoms with van der Waals surface area (Å²) in [6, 6.07) is 0. The summed E-state index contributed by atoms with van der Waals surface area (Å²) in [5, 5.41) is 0. The van der Waals surface area contributed by atoms with Gasteiger partial charge in [0.05, 0.1) is 0 Å². The fourth-order valence-electron chi connectivity index (χ4n) is 5.27. The van der Waals surface area contributed by atoms with E-state index >= 15 is 0 Å². The highest BCUT2D eigenvalue weighted by Crippen LogP contribution is 2.13. The average Bonchev–Trinajstić information content (AvgIpc) is 3.08. The molecule has 278 valence electrons. The van der Waals surface area contributed by atoms with Crippen molar-refractivity contribution in [2.75, 3.05) is 13.2 Å². The third-order valence-electron chi connectivity index (χ3n) is 8.28. The molecule has 0 aliphatic carbocycles. The summed E-state index contributed by atoms with van der Waals surface area (Å²) in [5.74, 6) is -0.922. The van der Waals surface area contributed by atoms with Crippen LogP contribution in [0.15, 0.2) is 36.5 Å². The number of ether oxygens (including phenoxy) is 3. The van der Waals surface area contributed by atoms with Crippen molar-refractivity contribution in [1.82, 2.24) is 0 Å². The van der Waals surface area contributed by atoms with E-state index in [1.165, 1.54) is 51.4 Å². The monoisotopic (exact) mass is 675 g/mol. The quantitative estimate of drug-likeness (QED) is 0.0288. The molecule has 0 aromatic rings. The number of rotatable bonds is 35. The molecule has 0 saturated carbocycles. The second-order valence-electron chi connectivity index (χ2n) is 13.2. The molecule has 0 spiro atoms. The van der Waals surface area contributed by atoms with E-state index in [0.29, 0.717) is 19.3 Å². The first-order valence-electron chi connectivity index (χ1n) is 20.0. The maximum absolute atomic E-state index is 12.6. The number of hydrogen-bond acceptors (Lipinski definition) is 6. The van der Waals surface area contributed by atoms with Gasteiger partial charge in [0.25, 0.3) is 0 Å². The van der Waals surface area contributed by atoms with Crippen LogP contribution in [0.2, 0.25) is 0 Å². The lowest BCUT2D eigenvalue weighted by atomic mass is 10.1. The molecule has 0 atom stereocenters. The summed E-state index contributed by atoms with van der Waals surface area (Å²) < 4.78 is 16.6. The van der Waals surface area contributed by atoms with Crippen molar-refractivity contribution in [2.24, 2.45) is 0 Å². The van der Waals surface area contributed by atoms with Crippen LogP contribution in [-0.2, 0) is 28.6 Å². The van der Waals surface area contributed by atoms with Gasteiger partial charge in [0.2, 0.25) is 0 Å². The fourth-order valence-corrected chi connectivity index (χ4v) is 5.27. The summed E-state index contributed by atoms with van der Waals surface area (Å²) in [6.45, 7) is 6.40. The Morgan fingerprint density at radius 3 is 1.04 bits per heavy atom. The molecule has 0 fully saturated rings. The van der Waals surface area contributed by atoms with Gasteiger partial charge in [0, 0.05) is 19.3 Å². The Morgan fingerprint density at radius 1 is 0.396 bits per heavy atom. The van der Waals surface area contributed by atoms with Crippen molar-refractivity contribution in [3.05, 3.63) is 36.5 Å². The van der Waals surface area contributed by atoms with Gasteiger partial charge in [0.1, 0.15) is 13.2 Å². The van der Waals surface area contributed by atoms with Crippen LogP contribution in [0, 0.1) is 0 Å². The largest absolute Gasteiger partial charge is 0.462 e. The minimum absolute atomic E-state index is 0.0831. The van der Waals surface area contributed by atoms with E-state index in [1.807, 2.05) is 0 Å². The van der Waals surface area contributed by atoms with Crippen LogP contribution in [0.4, 0.5) is 0 Å². The minimum Gasteiger partial charge on any atom is -0.462 e. The Hall–Kier alpha value is -2.37. The van der Waals surface area contributed by atoms with Crippen molar-refractivity contribution >= 4 is 17.9 Å². The fraction of sp³-hybridized carbons (Fsp3) is 0.786. The van der Waals surface area contributed by atoms with Gasteiger partial charge < -0.3 is 14.2 Å². The van der Waals surface area contributed by atoms with E-state index in [0.717, 1.165) is 103 Å². The predicted molar refractivity (Wildman–Crippen MR) is 201 cm³/mol. The second kappa shape index (κ2) is 37.4. The molecule has 0 amide bonds. The van der Waals surface area contributed by atoms with Crippen molar-refractivity contribution in [3.63, 3.8) is 0 Å². The lowest BCUT2D eigenvalue weighted by molar-refractivity contribution is -0.167. The predicted octanol–water partition coefficient (Wildman–Crippen LogP) is 12.2. The summed E-state index contributed by atoms with van der Waals surface area (Å²) in [6.07, 6.45) is 39.9. The number of unbranched alkanes of at least 4 members (excludes halogenated alkanes) is 18. The number of carbonyl (C=O) groups is 3. The Balaban J connectivity index is 4.41. The lowest BCUT2D eigenvalue weighted by Crippen LogP contribution is -2.30. The SMILES string of the molecule is CCCC=CCCCCCCCC(=O)OCC(COC(=O)CCCCCCCC=CCCC)OC(=O)CCCCCCCC=CCCC. The molecule has 0 radical (unpaired) electrons. The highest BCUT2D eigenvalue weighted by Gasteiger charge is 2.19. The molecular weight excluding hydrogens is 600 g/mol. The topological polar surface area (TPSA) is 78.9 Å². The summed E-state index contributed by atoms with van der Waals surface area (Å²) in [5.41, 5.74) is 0. The lowest BCUT2D eigenvalue weighted by Gasteiger charge is -2.18. The van der Waals surface area contributed by atoms with Crippen LogP contribution in [0.5, 0.6) is 0 Å². The molecule has 0 unspecified atom stereocenters. The van der Waals surface area contributed by atoms with Gasteiger partial charge in [0.15, 0.2) is 6.10 Å². The van der Waals surface area contributed by atoms with Crippen LogP contribution in [0.25, 0.3) is 0 Å². The Labute approximate surface area is 295 Å². The van der Waals surface area contributed by atoms with Gasteiger partial charge in [-0.15, -0.1) is 0 Å². The Morgan fingerprint density at radius 2 is 0.688 bits per heavy atom. The van der Waals surface area contributed by atoms with Gasteiger partial charge in [-0.25, -0.2) is 0 Å². The molecular formula is C42H74O6. The Kier molecular flexibility index (Phi) is 35.6. The minimum atomic E-state index is -0.776. The first kappa shape index (κ1) is 45.6. The van der Waals surface area contributed by atoms with Gasteiger partial charge in [-0.2, -0.15) is 0 Å². The standard InChI is InChI=1S/C42H74O6/c1-4-7-10-13-16-19-22-25-28-31-34-40(43)46-37-39(48-42(45)36-33-30-27-24-21-18-15-12-9-6-3)38-47-41(44)35-32-29-26-23-20-17-14-11-8-5-2/h10-15,39H,4-9,16-38H2,1-3H3. The molecule has 0 aromatic carbocycles. The molecule has 0 aliphatic rings. The number of allylic oxidation sites excluding steroid dienone is 6. The molecule has 0 rings (SSSR count). The van der Waals surface area contributed by atoms with Crippen molar-refractivity contribution in [2.45, 2.75) is 200 Å². The maximum Gasteiger partial charge on any atom is 0.306 e. The molecule has 0 bridgehead atoms. The number of hydrogen-bond donors (Lipinski definition) is 0. The van der Waals surface area contributed by atoms with Crippen LogP contribution in [0.1, 0.15) is 194 Å². The van der Waals surface area contributed by atoms with Gasteiger partial charge >= 0.3 is 17.9 Å². The van der Waals surface area contributed by atoms with Gasteiger partial charge in [-0.05, 0) is 77.0 Å².